The van der Waals surface area contributed by atoms with Gasteiger partial charge >= 0.3 is 0 Å². The van der Waals surface area contributed by atoms with Crippen molar-refractivity contribution in [3.63, 3.8) is 0 Å². The van der Waals surface area contributed by atoms with E-state index in [0.29, 0.717) is 12.1 Å². The fourth-order valence-electron chi connectivity index (χ4n) is 5.08. The van der Waals surface area contributed by atoms with Crippen LogP contribution in [0.5, 0.6) is 0 Å². The third-order valence-electron chi connectivity index (χ3n) is 6.78. The van der Waals surface area contributed by atoms with Crippen molar-refractivity contribution in [2.75, 3.05) is 52.9 Å². The molecule has 0 aromatic heterocycles. The van der Waals surface area contributed by atoms with Gasteiger partial charge in [0.05, 0.1) is 18.8 Å². The Labute approximate surface area is 199 Å². The number of piperidine rings is 1. The number of morpholine rings is 1. The van der Waals surface area contributed by atoms with E-state index in [9.17, 15) is 0 Å². The summed E-state index contributed by atoms with van der Waals surface area (Å²) in [5, 5.41) is 3.61. The van der Waals surface area contributed by atoms with Gasteiger partial charge < -0.3 is 15.0 Å². The first-order valence-corrected chi connectivity index (χ1v) is 11.3. The Balaban J connectivity index is 0.00000256. The summed E-state index contributed by atoms with van der Waals surface area (Å²) in [5.41, 5.74) is 1.38. The number of ether oxygens (including phenoxy) is 1. The SMILES string of the molecule is CN=C(NCCN1CCCCC1C)N1CC2OCCN(Cc3ccccc3)C2C1.I. The lowest BCUT2D eigenvalue weighted by molar-refractivity contribution is -0.0502. The molecule has 3 aliphatic heterocycles. The highest BCUT2D eigenvalue weighted by Gasteiger charge is 2.41. The number of guanidine groups is 1. The lowest BCUT2D eigenvalue weighted by Crippen LogP contribution is -2.50. The van der Waals surface area contributed by atoms with Gasteiger partial charge in [-0.1, -0.05) is 36.8 Å². The van der Waals surface area contributed by atoms with Crippen LogP contribution in [0.3, 0.4) is 0 Å². The zero-order chi connectivity index (χ0) is 20.1. The number of nitrogens with one attached hydrogen (secondary N) is 1. The van der Waals surface area contributed by atoms with Crippen molar-refractivity contribution >= 4 is 29.9 Å². The van der Waals surface area contributed by atoms with Crippen LogP contribution in [0.4, 0.5) is 0 Å². The summed E-state index contributed by atoms with van der Waals surface area (Å²) in [6.07, 6.45) is 4.32. The number of benzene rings is 1. The summed E-state index contributed by atoms with van der Waals surface area (Å²) in [7, 11) is 1.90. The Morgan fingerprint density at radius 2 is 1.97 bits per heavy atom. The van der Waals surface area contributed by atoms with Crippen LogP contribution in [0.2, 0.25) is 0 Å². The van der Waals surface area contributed by atoms with Gasteiger partial charge in [-0.2, -0.15) is 0 Å². The molecule has 1 N–H and O–H groups in total. The molecule has 0 bridgehead atoms. The molecule has 30 heavy (non-hydrogen) atoms. The summed E-state index contributed by atoms with van der Waals surface area (Å²) in [5.74, 6) is 1.02. The number of fused-ring (bicyclic) bond motifs is 1. The first-order valence-electron chi connectivity index (χ1n) is 11.3. The number of hydrogen-bond donors (Lipinski definition) is 1. The number of hydrogen-bond acceptors (Lipinski definition) is 4. The first kappa shape index (κ1) is 23.8. The molecule has 1 aromatic rings. The van der Waals surface area contributed by atoms with Crippen LogP contribution in [0.1, 0.15) is 31.7 Å². The van der Waals surface area contributed by atoms with E-state index in [1.807, 2.05) is 7.05 Å². The zero-order valence-corrected chi connectivity index (χ0v) is 20.8. The molecule has 0 amide bonds. The standard InChI is InChI=1S/C23H37N5O.HI/c1-19-8-6-7-12-26(19)13-11-25-23(24-2)28-17-21-22(18-28)29-15-14-27(21)16-20-9-4-3-5-10-20;/h3-5,9-10,19,21-22H,6-8,11-18H2,1-2H3,(H,24,25);1H. The highest BCUT2D eigenvalue weighted by Crippen LogP contribution is 2.24. The monoisotopic (exact) mass is 527 g/mol. The van der Waals surface area contributed by atoms with Gasteiger partial charge in [0.25, 0.3) is 0 Å². The second-order valence-corrected chi connectivity index (χ2v) is 8.69. The van der Waals surface area contributed by atoms with E-state index < -0.39 is 0 Å². The van der Waals surface area contributed by atoms with E-state index in [2.05, 4.69) is 62.3 Å². The number of likely N-dealkylation sites (tertiary alicyclic amines) is 2. The minimum atomic E-state index is 0. The van der Waals surface area contributed by atoms with Crippen LogP contribution >= 0.6 is 24.0 Å². The minimum Gasteiger partial charge on any atom is -0.373 e. The predicted octanol–water partition coefficient (Wildman–Crippen LogP) is 2.64. The van der Waals surface area contributed by atoms with E-state index in [1.54, 1.807) is 0 Å². The van der Waals surface area contributed by atoms with Crippen molar-refractivity contribution in [1.29, 1.82) is 0 Å². The Hall–Kier alpha value is -0.900. The quantitative estimate of drug-likeness (QED) is 0.363. The molecule has 3 saturated heterocycles. The molecule has 0 spiro atoms. The number of nitrogens with zero attached hydrogens (tertiary/aromatic N) is 4. The van der Waals surface area contributed by atoms with Crippen LogP contribution in [0, 0.1) is 0 Å². The minimum absolute atomic E-state index is 0. The van der Waals surface area contributed by atoms with Crippen molar-refractivity contribution in [1.82, 2.24) is 20.0 Å². The maximum Gasteiger partial charge on any atom is 0.193 e. The summed E-state index contributed by atoms with van der Waals surface area (Å²) in [6.45, 7) is 10.4. The molecule has 4 rings (SSSR count). The molecular formula is C23H38IN5O. The van der Waals surface area contributed by atoms with Gasteiger partial charge in [-0.15, -0.1) is 24.0 Å². The molecule has 3 fully saturated rings. The molecule has 168 valence electrons. The molecule has 6 nitrogen and oxygen atoms in total. The predicted molar refractivity (Wildman–Crippen MR) is 134 cm³/mol. The highest BCUT2D eigenvalue weighted by molar-refractivity contribution is 14.0. The lowest BCUT2D eigenvalue weighted by Gasteiger charge is -2.36. The molecule has 1 aromatic carbocycles. The molecule has 7 heteroatoms. The van der Waals surface area contributed by atoms with Gasteiger partial charge in [-0.05, 0) is 31.9 Å². The fourth-order valence-corrected chi connectivity index (χ4v) is 5.08. The van der Waals surface area contributed by atoms with Crippen LogP contribution < -0.4 is 5.32 Å². The maximum atomic E-state index is 6.13. The van der Waals surface area contributed by atoms with Crippen LogP contribution in [-0.4, -0.2) is 91.8 Å². The topological polar surface area (TPSA) is 43.3 Å². The van der Waals surface area contributed by atoms with E-state index in [0.717, 1.165) is 51.8 Å². The summed E-state index contributed by atoms with van der Waals surface area (Å²) < 4.78 is 6.13. The number of rotatable bonds is 5. The zero-order valence-electron chi connectivity index (χ0n) is 18.5. The van der Waals surface area contributed by atoms with Crippen molar-refractivity contribution in [3.8, 4) is 0 Å². The van der Waals surface area contributed by atoms with Crippen molar-refractivity contribution < 1.29 is 4.74 Å². The van der Waals surface area contributed by atoms with E-state index in [-0.39, 0.29) is 30.1 Å². The van der Waals surface area contributed by atoms with Crippen molar-refractivity contribution in [2.24, 2.45) is 4.99 Å². The van der Waals surface area contributed by atoms with Crippen LogP contribution in [-0.2, 0) is 11.3 Å². The van der Waals surface area contributed by atoms with Gasteiger partial charge in [-0.3, -0.25) is 14.8 Å². The van der Waals surface area contributed by atoms with E-state index in [4.69, 9.17) is 4.74 Å². The molecule has 0 aliphatic carbocycles. The average molecular weight is 527 g/mol. The van der Waals surface area contributed by atoms with Gasteiger partial charge in [0.2, 0.25) is 0 Å². The Bertz CT molecular complexity index is 673. The van der Waals surface area contributed by atoms with Crippen LogP contribution in [0.25, 0.3) is 0 Å². The van der Waals surface area contributed by atoms with Gasteiger partial charge in [-0.25, -0.2) is 0 Å². The second kappa shape index (κ2) is 11.6. The van der Waals surface area contributed by atoms with Gasteiger partial charge in [0.15, 0.2) is 5.96 Å². The molecule has 3 heterocycles. The molecule has 0 saturated carbocycles. The van der Waals surface area contributed by atoms with E-state index in [1.165, 1.54) is 31.4 Å². The number of halogens is 1. The Morgan fingerprint density at radius 3 is 2.73 bits per heavy atom. The fraction of sp³-hybridized carbons (Fsp3) is 0.696. The first-order chi connectivity index (χ1) is 14.2. The maximum absolute atomic E-state index is 6.13. The van der Waals surface area contributed by atoms with Gasteiger partial charge in [0.1, 0.15) is 0 Å². The summed E-state index contributed by atoms with van der Waals surface area (Å²) in [4.78, 5) is 12.2. The largest absolute Gasteiger partial charge is 0.373 e. The van der Waals surface area contributed by atoms with E-state index >= 15 is 0 Å². The van der Waals surface area contributed by atoms with Gasteiger partial charge in [0, 0.05) is 52.4 Å². The van der Waals surface area contributed by atoms with Crippen molar-refractivity contribution in [3.05, 3.63) is 35.9 Å². The van der Waals surface area contributed by atoms with Crippen LogP contribution in [0.15, 0.2) is 35.3 Å². The molecular weight excluding hydrogens is 489 g/mol. The second-order valence-electron chi connectivity index (χ2n) is 8.69. The lowest BCUT2D eigenvalue weighted by atomic mass is 10.0. The normalized spacial score (nSPS) is 28.1. The summed E-state index contributed by atoms with van der Waals surface area (Å²) in [6, 6.07) is 11.9. The molecule has 3 aliphatic rings. The molecule has 3 unspecified atom stereocenters. The summed E-state index contributed by atoms with van der Waals surface area (Å²) >= 11 is 0. The van der Waals surface area contributed by atoms with Crippen molar-refractivity contribution in [2.45, 2.75) is 50.9 Å². The third kappa shape index (κ3) is 5.87. The third-order valence-corrected chi connectivity index (χ3v) is 6.78. The Morgan fingerprint density at radius 1 is 1.13 bits per heavy atom. The molecule has 0 radical (unpaired) electrons. The Kier molecular flexibility index (Phi) is 9.22. The smallest absolute Gasteiger partial charge is 0.193 e. The molecule has 3 atom stereocenters. The number of aliphatic imine (C=N–C) groups is 1. The average Bonchev–Trinajstić information content (AvgIpc) is 3.18. The highest BCUT2D eigenvalue weighted by atomic mass is 127.